The number of para-hydroxylation sites is 1. The van der Waals surface area contributed by atoms with Gasteiger partial charge in [-0.25, -0.2) is 4.98 Å². The Bertz CT molecular complexity index is 530. The fourth-order valence-corrected chi connectivity index (χ4v) is 4.51. The molecule has 3 rings (SSSR count). The van der Waals surface area contributed by atoms with Crippen LogP contribution in [0, 0.1) is 11.8 Å². The molecule has 1 saturated carbocycles. The lowest BCUT2D eigenvalue weighted by Gasteiger charge is -2.23. The van der Waals surface area contributed by atoms with Crippen LogP contribution in [0.15, 0.2) is 24.3 Å². The van der Waals surface area contributed by atoms with Crippen molar-refractivity contribution in [3.05, 3.63) is 29.3 Å². The van der Waals surface area contributed by atoms with Crippen LogP contribution in [-0.2, 0) is 6.42 Å². The van der Waals surface area contributed by atoms with Crippen LogP contribution in [0.5, 0.6) is 0 Å². The Morgan fingerprint density at radius 3 is 2.90 bits per heavy atom. The lowest BCUT2D eigenvalue weighted by molar-refractivity contribution is 0.353. The van der Waals surface area contributed by atoms with Gasteiger partial charge in [0, 0.05) is 12.5 Å². The average Bonchev–Trinajstić information content (AvgIpc) is 3.03. The molecule has 3 atom stereocenters. The Hall–Kier alpha value is -0.930. The van der Waals surface area contributed by atoms with Crippen LogP contribution in [0.2, 0.25) is 0 Å². The molecular weight excluding hydrogens is 264 g/mol. The predicted molar refractivity (Wildman–Crippen MR) is 87.3 cm³/mol. The Balaban J connectivity index is 1.75. The number of rotatable bonds is 5. The molecular formula is C17H24N2S. The molecule has 0 spiro atoms. The maximum absolute atomic E-state index is 4.80. The van der Waals surface area contributed by atoms with E-state index in [1.54, 1.807) is 0 Å². The molecule has 1 aliphatic rings. The van der Waals surface area contributed by atoms with Crippen molar-refractivity contribution in [1.29, 1.82) is 0 Å². The van der Waals surface area contributed by atoms with Crippen molar-refractivity contribution < 1.29 is 0 Å². The molecule has 1 aromatic carbocycles. The average molecular weight is 288 g/mol. The third-order valence-corrected chi connectivity index (χ3v) is 5.56. The maximum atomic E-state index is 4.80. The molecule has 1 aromatic heterocycles. The molecule has 1 fully saturated rings. The van der Waals surface area contributed by atoms with Gasteiger partial charge in [0.05, 0.1) is 15.2 Å². The number of likely N-dealkylation sites (N-methyl/N-ethyl adjacent to an activating group) is 1. The third-order valence-electron chi connectivity index (χ3n) is 4.50. The minimum atomic E-state index is 0.602. The first-order chi connectivity index (χ1) is 9.76. The Labute approximate surface area is 125 Å². The van der Waals surface area contributed by atoms with Gasteiger partial charge in [-0.1, -0.05) is 32.4 Å². The number of nitrogens with zero attached hydrogens (tertiary/aromatic N) is 1. The Morgan fingerprint density at radius 2 is 2.20 bits per heavy atom. The summed E-state index contributed by atoms with van der Waals surface area (Å²) < 4.78 is 1.32. The minimum absolute atomic E-state index is 0.602. The van der Waals surface area contributed by atoms with Crippen LogP contribution in [0.4, 0.5) is 0 Å². The zero-order chi connectivity index (χ0) is 13.9. The quantitative estimate of drug-likeness (QED) is 0.889. The molecule has 1 aliphatic carbocycles. The van der Waals surface area contributed by atoms with Gasteiger partial charge in [-0.15, -0.1) is 11.3 Å². The van der Waals surface area contributed by atoms with E-state index in [9.17, 15) is 0 Å². The third kappa shape index (κ3) is 3.04. The van der Waals surface area contributed by atoms with Gasteiger partial charge in [0.1, 0.15) is 0 Å². The molecule has 0 bridgehead atoms. The molecule has 2 aromatic rings. The summed E-state index contributed by atoms with van der Waals surface area (Å²) in [5.41, 5.74) is 1.16. The largest absolute Gasteiger partial charge is 0.314 e. The first-order valence-electron chi connectivity index (χ1n) is 7.84. The van der Waals surface area contributed by atoms with Crippen LogP contribution in [0.25, 0.3) is 10.2 Å². The van der Waals surface area contributed by atoms with Gasteiger partial charge in [-0.05, 0) is 43.4 Å². The normalized spacial score (nSPS) is 24.3. The highest BCUT2D eigenvalue weighted by atomic mass is 32.1. The summed E-state index contributed by atoms with van der Waals surface area (Å²) in [6.07, 6.45) is 5.24. The van der Waals surface area contributed by atoms with Crippen LogP contribution < -0.4 is 5.32 Å². The molecule has 3 heteroatoms. The number of hydrogen-bond donors (Lipinski definition) is 1. The van der Waals surface area contributed by atoms with Gasteiger partial charge in [-0.3, -0.25) is 0 Å². The second-order valence-electron chi connectivity index (χ2n) is 6.12. The molecule has 0 amide bonds. The van der Waals surface area contributed by atoms with E-state index in [-0.39, 0.29) is 0 Å². The van der Waals surface area contributed by atoms with Crippen molar-refractivity contribution in [2.45, 2.75) is 45.6 Å². The topological polar surface area (TPSA) is 24.9 Å². The summed E-state index contributed by atoms with van der Waals surface area (Å²) in [4.78, 5) is 4.80. The van der Waals surface area contributed by atoms with E-state index in [0.29, 0.717) is 6.04 Å². The van der Waals surface area contributed by atoms with Crippen molar-refractivity contribution in [3.8, 4) is 0 Å². The summed E-state index contributed by atoms with van der Waals surface area (Å²) in [6.45, 7) is 5.66. The lowest BCUT2D eigenvalue weighted by Crippen LogP contribution is -2.37. The molecule has 2 nitrogen and oxygen atoms in total. The number of hydrogen-bond acceptors (Lipinski definition) is 3. The van der Waals surface area contributed by atoms with E-state index in [2.05, 4.69) is 43.4 Å². The fourth-order valence-electron chi connectivity index (χ4n) is 3.48. The molecule has 108 valence electrons. The van der Waals surface area contributed by atoms with E-state index >= 15 is 0 Å². The zero-order valence-electron chi connectivity index (χ0n) is 12.4. The number of fused-ring (bicyclic) bond motifs is 1. The summed E-state index contributed by atoms with van der Waals surface area (Å²) >= 11 is 1.86. The van der Waals surface area contributed by atoms with E-state index in [1.165, 1.54) is 29.0 Å². The number of thiazole rings is 1. The summed E-state index contributed by atoms with van der Waals surface area (Å²) in [5.74, 6) is 1.73. The zero-order valence-corrected chi connectivity index (χ0v) is 13.2. The van der Waals surface area contributed by atoms with Crippen LogP contribution in [0.1, 0.15) is 38.1 Å². The van der Waals surface area contributed by atoms with Crippen LogP contribution in [0.3, 0.4) is 0 Å². The second kappa shape index (κ2) is 6.23. The second-order valence-corrected chi connectivity index (χ2v) is 7.24. The monoisotopic (exact) mass is 288 g/mol. The van der Waals surface area contributed by atoms with Crippen LogP contribution in [-0.4, -0.2) is 17.6 Å². The highest BCUT2D eigenvalue weighted by molar-refractivity contribution is 7.18. The van der Waals surface area contributed by atoms with Crippen LogP contribution >= 0.6 is 11.3 Å². The van der Waals surface area contributed by atoms with Gasteiger partial charge in [0.2, 0.25) is 0 Å². The van der Waals surface area contributed by atoms with Crippen molar-refractivity contribution in [2.24, 2.45) is 11.8 Å². The molecule has 1 heterocycles. The van der Waals surface area contributed by atoms with Gasteiger partial charge < -0.3 is 5.32 Å². The standard InChI is InChI=1S/C17H24N2S/c1-3-18-15(13-9-8-12(2)10-13)11-17-19-14-6-4-5-7-16(14)20-17/h4-7,12-13,15,18H,3,8-11H2,1-2H3. The van der Waals surface area contributed by atoms with Gasteiger partial charge >= 0.3 is 0 Å². The summed E-state index contributed by atoms with van der Waals surface area (Å²) in [6, 6.07) is 9.08. The highest BCUT2D eigenvalue weighted by Crippen LogP contribution is 2.34. The Morgan fingerprint density at radius 1 is 1.35 bits per heavy atom. The predicted octanol–water partition coefficient (Wildman–Crippen LogP) is 4.25. The first-order valence-corrected chi connectivity index (χ1v) is 8.65. The first kappa shape index (κ1) is 14.0. The summed E-state index contributed by atoms with van der Waals surface area (Å²) in [5, 5.41) is 4.99. The van der Waals surface area contributed by atoms with E-state index in [1.807, 2.05) is 11.3 Å². The SMILES string of the molecule is CCNC(Cc1nc2ccccc2s1)C1CCC(C)C1. The number of benzene rings is 1. The van der Waals surface area contributed by atoms with Crippen molar-refractivity contribution in [1.82, 2.24) is 10.3 Å². The molecule has 1 N–H and O–H groups in total. The lowest BCUT2D eigenvalue weighted by atomic mass is 9.94. The molecule has 0 saturated heterocycles. The smallest absolute Gasteiger partial charge is 0.0954 e. The fraction of sp³-hybridized carbons (Fsp3) is 0.588. The molecule has 0 aliphatic heterocycles. The molecule has 0 radical (unpaired) electrons. The highest BCUT2D eigenvalue weighted by Gasteiger charge is 2.29. The molecule has 20 heavy (non-hydrogen) atoms. The van der Waals surface area contributed by atoms with E-state index < -0.39 is 0 Å². The van der Waals surface area contributed by atoms with Gasteiger partial charge in [-0.2, -0.15) is 0 Å². The molecule has 3 unspecified atom stereocenters. The van der Waals surface area contributed by atoms with Crippen molar-refractivity contribution in [3.63, 3.8) is 0 Å². The van der Waals surface area contributed by atoms with Crippen molar-refractivity contribution in [2.75, 3.05) is 6.54 Å². The van der Waals surface area contributed by atoms with Crippen molar-refractivity contribution >= 4 is 21.6 Å². The van der Waals surface area contributed by atoms with Gasteiger partial charge in [0.25, 0.3) is 0 Å². The van der Waals surface area contributed by atoms with E-state index in [4.69, 9.17) is 4.98 Å². The number of aromatic nitrogens is 1. The van der Waals surface area contributed by atoms with Gasteiger partial charge in [0.15, 0.2) is 0 Å². The minimum Gasteiger partial charge on any atom is -0.314 e. The Kier molecular flexibility index (Phi) is 4.37. The number of nitrogens with one attached hydrogen (secondary N) is 1. The maximum Gasteiger partial charge on any atom is 0.0954 e. The van der Waals surface area contributed by atoms with E-state index in [0.717, 1.165) is 30.3 Å². The summed E-state index contributed by atoms with van der Waals surface area (Å²) in [7, 11) is 0.